The molecule has 0 amide bonds. The number of benzene rings is 3. The lowest BCUT2D eigenvalue weighted by atomic mass is 10.0. The first-order chi connectivity index (χ1) is 18.9. The predicted octanol–water partition coefficient (Wildman–Crippen LogP) is 6.84. The highest BCUT2D eigenvalue weighted by Crippen LogP contribution is 2.46. The minimum atomic E-state index is 0.425. The van der Waals surface area contributed by atoms with Crippen molar-refractivity contribution in [3.63, 3.8) is 0 Å². The molecule has 1 fully saturated rings. The zero-order chi connectivity index (χ0) is 26.7. The lowest BCUT2D eigenvalue weighted by Crippen LogP contribution is -2.54. The molecule has 2 aromatic heterocycles. The van der Waals surface area contributed by atoms with Crippen LogP contribution in [0.4, 0.5) is 22.7 Å². The van der Waals surface area contributed by atoms with Gasteiger partial charge < -0.3 is 20.0 Å². The van der Waals surface area contributed by atoms with Crippen molar-refractivity contribution in [2.45, 2.75) is 25.9 Å². The number of fused-ring (bicyclic) bond motifs is 4. The van der Waals surface area contributed by atoms with Crippen LogP contribution in [-0.2, 0) is 0 Å². The molecule has 4 heterocycles. The van der Waals surface area contributed by atoms with Crippen molar-refractivity contribution < 1.29 is 0 Å². The maximum absolute atomic E-state index is 6.95. The van der Waals surface area contributed by atoms with Gasteiger partial charge in [-0.1, -0.05) is 35.9 Å². The van der Waals surface area contributed by atoms with E-state index in [4.69, 9.17) is 21.6 Å². The van der Waals surface area contributed by atoms with E-state index < -0.39 is 0 Å². The molecule has 7 heteroatoms. The summed E-state index contributed by atoms with van der Waals surface area (Å²) in [4.78, 5) is 16.5. The molecule has 0 bridgehead atoms. The van der Waals surface area contributed by atoms with Gasteiger partial charge in [0.05, 0.1) is 46.0 Å². The Kier molecular flexibility index (Phi) is 5.83. The second-order valence-corrected chi connectivity index (χ2v) is 11.3. The van der Waals surface area contributed by atoms with Gasteiger partial charge in [-0.15, -0.1) is 0 Å². The summed E-state index contributed by atoms with van der Waals surface area (Å²) < 4.78 is 0. The SMILES string of the molecule is C[C@@H]1CN(c2ccc(N3CN(C)c4cnc5ccc(-c6cnc7ccccc7c6)cc5c43)cc2Cl)C[C@H](C)N1. The number of anilines is 4. The largest absolute Gasteiger partial charge is 0.367 e. The third-order valence-corrected chi connectivity index (χ3v) is 8.22. The summed E-state index contributed by atoms with van der Waals surface area (Å²) in [6.07, 6.45) is 3.94. The fourth-order valence-corrected chi connectivity index (χ4v) is 6.45. The summed E-state index contributed by atoms with van der Waals surface area (Å²) in [5.74, 6) is 0. The van der Waals surface area contributed by atoms with E-state index in [1.165, 1.54) is 0 Å². The molecule has 2 aliphatic rings. The molecule has 6 nitrogen and oxygen atoms in total. The van der Waals surface area contributed by atoms with E-state index in [0.717, 1.165) is 80.5 Å². The van der Waals surface area contributed by atoms with Crippen LogP contribution >= 0.6 is 11.6 Å². The zero-order valence-electron chi connectivity index (χ0n) is 22.4. The van der Waals surface area contributed by atoms with Crippen molar-refractivity contribution in [3.8, 4) is 11.1 Å². The Morgan fingerprint density at radius 3 is 2.44 bits per heavy atom. The number of pyridine rings is 2. The highest BCUT2D eigenvalue weighted by molar-refractivity contribution is 6.33. The van der Waals surface area contributed by atoms with E-state index in [0.29, 0.717) is 12.1 Å². The van der Waals surface area contributed by atoms with Crippen molar-refractivity contribution in [2.75, 3.05) is 41.5 Å². The number of nitrogens with zero attached hydrogens (tertiary/aromatic N) is 5. The molecule has 7 rings (SSSR count). The van der Waals surface area contributed by atoms with Crippen LogP contribution in [0.5, 0.6) is 0 Å². The summed E-state index contributed by atoms with van der Waals surface area (Å²) in [6, 6.07) is 24.3. The lowest BCUT2D eigenvalue weighted by molar-refractivity contribution is 0.407. The van der Waals surface area contributed by atoms with Crippen LogP contribution in [0.15, 0.2) is 79.1 Å². The van der Waals surface area contributed by atoms with Crippen LogP contribution in [0.2, 0.25) is 5.02 Å². The standard InChI is InChI=1S/C32H31ClN6/c1-20-17-38(18-21(2)36-20)30-11-9-25(14-27(30)33)39-19-37(3)31-16-35-29-10-8-22(13-26(29)32(31)39)24-12-23-6-4-5-7-28(23)34-15-24/h4-16,20-21,36H,17-19H2,1-3H3/t20-,21+. The van der Waals surface area contributed by atoms with Gasteiger partial charge in [0.1, 0.15) is 0 Å². The molecule has 2 atom stereocenters. The summed E-state index contributed by atoms with van der Waals surface area (Å²) in [5, 5.41) is 6.64. The number of hydrogen-bond donors (Lipinski definition) is 1. The van der Waals surface area contributed by atoms with Gasteiger partial charge in [-0.05, 0) is 61.9 Å². The number of para-hydroxylation sites is 1. The van der Waals surface area contributed by atoms with Gasteiger partial charge in [-0.2, -0.15) is 0 Å². The quantitative estimate of drug-likeness (QED) is 0.273. The smallest absolute Gasteiger partial charge is 0.0950 e. The Labute approximate surface area is 233 Å². The Hall–Kier alpha value is -3.87. The van der Waals surface area contributed by atoms with Crippen molar-refractivity contribution in [1.82, 2.24) is 15.3 Å². The van der Waals surface area contributed by atoms with Gasteiger partial charge in [0.15, 0.2) is 0 Å². The van der Waals surface area contributed by atoms with Crippen LogP contribution in [0.3, 0.4) is 0 Å². The monoisotopic (exact) mass is 534 g/mol. The van der Waals surface area contributed by atoms with Crippen molar-refractivity contribution in [1.29, 1.82) is 0 Å². The van der Waals surface area contributed by atoms with Crippen molar-refractivity contribution in [3.05, 3.63) is 84.1 Å². The molecule has 0 aliphatic carbocycles. The van der Waals surface area contributed by atoms with E-state index in [-0.39, 0.29) is 0 Å². The van der Waals surface area contributed by atoms with Crippen LogP contribution in [0.1, 0.15) is 13.8 Å². The number of nitrogens with one attached hydrogen (secondary N) is 1. The van der Waals surface area contributed by atoms with Crippen molar-refractivity contribution in [2.24, 2.45) is 0 Å². The normalized spacial score (nSPS) is 19.2. The highest BCUT2D eigenvalue weighted by Gasteiger charge is 2.29. The lowest BCUT2D eigenvalue weighted by Gasteiger charge is -2.38. The summed E-state index contributed by atoms with van der Waals surface area (Å²) in [6.45, 7) is 7.07. The molecule has 196 valence electrons. The first-order valence-electron chi connectivity index (χ1n) is 13.5. The van der Waals surface area contributed by atoms with Gasteiger partial charge in [0.2, 0.25) is 0 Å². The fraction of sp³-hybridized carbons (Fsp3) is 0.250. The van der Waals surface area contributed by atoms with E-state index >= 15 is 0 Å². The zero-order valence-corrected chi connectivity index (χ0v) is 23.2. The number of rotatable bonds is 3. The summed E-state index contributed by atoms with van der Waals surface area (Å²) in [7, 11) is 2.11. The molecule has 0 spiro atoms. The van der Waals surface area contributed by atoms with Gasteiger partial charge in [-0.25, -0.2) is 0 Å². The molecular weight excluding hydrogens is 504 g/mol. The molecule has 0 unspecified atom stereocenters. The third-order valence-electron chi connectivity index (χ3n) is 7.92. The maximum Gasteiger partial charge on any atom is 0.0950 e. The second-order valence-electron chi connectivity index (χ2n) is 10.9. The molecule has 1 N–H and O–H groups in total. The van der Waals surface area contributed by atoms with Crippen LogP contribution in [0.25, 0.3) is 32.9 Å². The van der Waals surface area contributed by atoms with Gasteiger partial charge in [-0.3, -0.25) is 9.97 Å². The van der Waals surface area contributed by atoms with Gasteiger partial charge in [0.25, 0.3) is 0 Å². The first kappa shape index (κ1) is 24.2. The van der Waals surface area contributed by atoms with Crippen LogP contribution < -0.4 is 20.0 Å². The number of hydrogen-bond acceptors (Lipinski definition) is 6. The maximum atomic E-state index is 6.95. The Morgan fingerprint density at radius 1 is 0.821 bits per heavy atom. The summed E-state index contributed by atoms with van der Waals surface area (Å²) in [5.41, 5.74) is 8.64. The third kappa shape index (κ3) is 4.24. The minimum absolute atomic E-state index is 0.425. The molecule has 3 aromatic carbocycles. The van der Waals surface area contributed by atoms with Crippen molar-refractivity contribution >= 4 is 56.2 Å². The van der Waals surface area contributed by atoms with Crippen LogP contribution in [-0.4, -0.2) is 48.9 Å². The second kappa shape index (κ2) is 9.40. The average molecular weight is 535 g/mol. The molecular formula is C32H31ClN6. The molecule has 1 saturated heterocycles. The van der Waals surface area contributed by atoms with E-state index in [9.17, 15) is 0 Å². The van der Waals surface area contributed by atoms with Gasteiger partial charge in [0, 0.05) is 60.4 Å². The fourth-order valence-electron chi connectivity index (χ4n) is 6.15. The predicted molar refractivity (Wildman–Crippen MR) is 164 cm³/mol. The average Bonchev–Trinajstić information content (AvgIpc) is 3.28. The molecule has 0 radical (unpaired) electrons. The summed E-state index contributed by atoms with van der Waals surface area (Å²) >= 11 is 6.95. The Balaban J connectivity index is 1.30. The Bertz CT molecular complexity index is 1710. The van der Waals surface area contributed by atoms with E-state index in [1.807, 2.05) is 24.5 Å². The van der Waals surface area contributed by atoms with E-state index in [2.05, 4.69) is 95.5 Å². The highest BCUT2D eigenvalue weighted by atomic mass is 35.5. The number of aromatic nitrogens is 2. The molecule has 2 aliphatic heterocycles. The molecule has 0 saturated carbocycles. The number of piperazine rings is 1. The van der Waals surface area contributed by atoms with E-state index in [1.54, 1.807) is 0 Å². The first-order valence-corrected chi connectivity index (χ1v) is 13.9. The molecule has 39 heavy (non-hydrogen) atoms. The number of halogens is 1. The van der Waals surface area contributed by atoms with Gasteiger partial charge >= 0.3 is 0 Å². The topological polar surface area (TPSA) is 47.5 Å². The minimum Gasteiger partial charge on any atom is -0.367 e. The molecule has 5 aromatic rings. The Morgan fingerprint density at radius 2 is 1.62 bits per heavy atom. The van der Waals surface area contributed by atoms with Crippen LogP contribution in [0, 0.1) is 0 Å².